The smallest absolute Gasteiger partial charge is 0.251 e. The molecule has 0 saturated carbocycles. The predicted molar refractivity (Wildman–Crippen MR) is 91.4 cm³/mol. The minimum atomic E-state index is -0.0389. The lowest BCUT2D eigenvalue weighted by molar-refractivity contribution is 0.0947. The number of hydrogen-bond acceptors (Lipinski definition) is 2. The summed E-state index contributed by atoms with van der Waals surface area (Å²) in [6, 6.07) is 18.4. The third-order valence-corrected chi connectivity index (χ3v) is 3.50. The molecular weight excluding hydrogens is 288 g/mol. The van der Waals surface area contributed by atoms with Crippen LogP contribution in [0.3, 0.4) is 0 Å². The largest absolute Gasteiger partial charge is 0.352 e. The second-order valence-corrected chi connectivity index (χ2v) is 5.30. The van der Waals surface area contributed by atoms with Crippen molar-refractivity contribution in [3.63, 3.8) is 0 Å². The highest BCUT2D eigenvalue weighted by Crippen LogP contribution is 2.00. The van der Waals surface area contributed by atoms with E-state index in [0.29, 0.717) is 24.2 Å². The zero-order valence-corrected chi connectivity index (χ0v) is 13.1. The molecule has 2 amide bonds. The Labute approximate surface area is 136 Å². The number of carbonyl (C=O) groups is 2. The van der Waals surface area contributed by atoms with E-state index in [1.54, 1.807) is 24.3 Å². The van der Waals surface area contributed by atoms with E-state index in [-0.39, 0.29) is 11.8 Å². The van der Waals surface area contributed by atoms with Crippen molar-refractivity contribution in [1.82, 2.24) is 10.6 Å². The summed E-state index contributed by atoms with van der Waals surface area (Å²) in [6.45, 7) is 1.31. The topological polar surface area (TPSA) is 58.2 Å². The minimum Gasteiger partial charge on any atom is -0.352 e. The van der Waals surface area contributed by atoms with Gasteiger partial charge in [-0.3, -0.25) is 9.59 Å². The monoisotopic (exact) mass is 310 g/mol. The summed E-state index contributed by atoms with van der Waals surface area (Å²) in [7, 11) is 0. The molecule has 120 valence electrons. The van der Waals surface area contributed by atoms with Crippen LogP contribution in [0.1, 0.15) is 40.0 Å². The van der Waals surface area contributed by atoms with Gasteiger partial charge < -0.3 is 10.6 Å². The Morgan fingerprint density at radius 3 is 1.39 bits per heavy atom. The van der Waals surface area contributed by atoms with Crippen molar-refractivity contribution in [2.75, 3.05) is 13.1 Å². The number of benzene rings is 2. The molecule has 0 aliphatic carbocycles. The van der Waals surface area contributed by atoms with Crippen LogP contribution in [0.25, 0.3) is 0 Å². The summed E-state index contributed by atoms with van der Waals surface area (Å²) < 4.78 is 0. The van der Waals surface area contributed by atoms with E-state index >= 15 is 0 Å². The maximum Gasteiger partial charge on any atom is 0.251 e. The molecule has 0 bridgehead atoms. The van der Waals surface area contributed by atoms with Gasteiger partial charge in [-0.2, -0.15) is 0 Å². The number of unbranched alkanes of at least 4 members (excludes halogenated alkanes) is 2. The third kappa shape index (κ3) is 5.94. The van der Waals surface area contributed by atoms with Gasteiger partial charge in [-0.15, -0.1) is 0 Å². The van der Waals surface area contributed by atoms with E-state index in [9.17, 15) is 9.59 Å². The van der Waals surface area contributed by atoms with Crippen molar-refractivity contribution in [3.8, 4) is 0 Å². The molecule has 4 nitrogen and oxygen atoms in total. The molecule has 0 aromatic heterocycles. The molecule has 0 aliphatic heterocycles. The van der Waals surface area contributed by atoms with Gasteiger partial charge in [-0.1, -0.05) is 36.4 Å². The predicted octanol–water partition coefficient (Wildman–Crippen LogP) is 3.02. The van der Waals surface area contributed by atoms with Crippen LogP contribution in [0.5, 0.6) is 0 Å². The minimum absolute atomic E-state index is 0.0389. The summed E-state index contributed by atoms with van der Waals surface area (Å²) in [5, 5.41) is 5.80. The summed E-state index contributed by atoms with van der Waals surface area (Å²) in [5.41, 5.74) is 1.37. The van der Waals surface area contributed by atoms with Gasteiger partial charge in [0.15, 0.2) is 0 Å². The first-order chi connectivity index (χ1) is 11.3. The maximum atomic E-state index is 11.8. The van der Waals surface area contributed by atoms with E-state index in [1.807, 2.05) is 36.4 Å². The van der Waals surface area contributed by atoms with Crippen molar-refractivity contribution in [3.05, 3.63) is 71.8 Å². The van der Waals surface area contributed by atoms with Crippen molar-refractivity contribution in [2.24, 2.45) is 0 Å². The Bertz CT molecular complexity index is 556. The molecule has 0 radical (unpaired) electrons. The van der Waals surface area contributed by atoms with Crippen molar-refractivity contribution in [2.45, 2.75) is 19.3 Å². The lowest BCUT2D eigenvalue weighted by Crippen LogP contribution is -2.25. The molecule has 0 fully saturated rings. The van der Waals surface area contributed by atoms with Crippen LogP contribution in [-0.2, 0) is 0 Å². The molecule has 0 spiro atoms. The molecule has 2 aromatic rings. The molecule has 0 aliphatic rings. The van der Waals surface area contributed by atoms with Crippen LogP contribution < -0.4 is 10.6 Å². The molecule has 2 rings (SSSR count). The number of rotatable bonds is 8. The lowest BCUT2D eigenvalue weighted by atomic mass is 10.2. The first kappa shape index (κ1) is 16.7. The lowest BCUT2D eigenvalue weighted by Gasteiger charge is -2.06. The molecule has 0 saturated heterocycles. The van der Waals surface area contributed by atoms with E-state index in [2.05, 4.69) is 10.6 Å². The van der Waals surface area contributed by atoms with Gasteiger partial charge in [0.2, 0.25) is 0 Å². The van der Waals surface area contributed by atoms with E-state index < -0.39 is 0 Å². The average Bonchev–Trinajstić information content (AvgIpc) is 2.62. The Morgan fingerprint density at radius 2 is 1.00 bits per heavy atom. The van der Waals surface area contributed by atoms with Gasteiger partial charge in [0.05, 0.1) is 0 Å². The number of carbonyl (C=O) groups excluding carboxylic acids is 2. The van der Waals surface area contributed by atoms with Gasteiger partial charge in [0.1, 0.15) is 0 Å². The summed E-state index contributed by atoms with van der Waals surface area (Å²) in [5.74, 6) is -0.0778. The van der Waals surface area contributed by atoms with E-state index in [4.69, 9.17) is 0 Å². The van der Waals surface area contributed by atoms with E-state index in [1.165, 1.54) is 0 Å². The molecule has 23 heavy (non-hydrogen) atoms. The summed E-state index contributed by atoms with van der Waals surface area (Å²) in [4.78, 5) is 23.6. The van der Waals surface area contributed by atoms with Crippen molar-refractivity contribution in [1.29, 1.82) is 0 Å². The van der Waals surface area contributed by atoms with Crippen LogP contribution >= 0.6 is 0 Å². The SMILES string of the molecule is O=C(NCCCCCNC(=O)c1ccccc1)c1ccccc1. The van der Waals surface area contributed by atoms with Crippen molar-refractivity contribution >= 4 is 11.8 Å². The highest BCUT2D eigenvalue weighted by molar-refractivity contribution is 5.94. The molecule has 0 atom stereocenters. The quantitative estimate of drug-likeness (QED) is 0.736. The van der Waals surface area contributed by atoms with Crippen LogP contribution in [-0.4, -0.2) is 24.9 Å². The molecular formula is C19H22N2O2. The highest BCUT2D eigenvalue weighted by Gasteiger charge is 2.04. The second kappa shape index (κ2) is 9.41. The Morgan fingerprint density at radius 1 is 0.609 bits per heavy atom. The Kier molecular flexibility index (Phi) is 6.85. The number of amides is 2. The normalized spacial score (nSPS) is 10.1. The van der Waals surface area contributed by atoms with Gasteiger partial charge in [-0.05, 0) is 43.5 Å². The van der Waals surface area contributed by atoms with Gasteiger partial charge >= 0.3 is 0 Å². The van der Waals surface area contributed by atoms with Crippen LogP contribution in [0, 0.1) is 0 Å². The first-order valence-corrected chi connectivity index (χ1v) is 7.94. The maximum absolute atomic E-state index is 11.8. The molecule has 2 aromatic carbocycles. The zero-order chi connectivity index (χ0) is 16.3. The number of hydrogen-bond donors (Lipinski definition) is 2. The standard InChI is InChI=1S/C19H22N2O2/c22-18(16-10-4-1-5-11-16)20-14-8-3-9-15-21-19(23)17-12-6-2-7-13-17/h1-2,4-7,10-13H,3,8-9,14-15H2,(H,20,22)(H,21,23). The van der Waals surface area contributed by atoms with Gasteiger partial charge in [-0.25, -0.2) is 0 Å². The van der Waals surface area contributed by atoms with Crippen molar-refractivity contribution < 1.29 is 9.59 Å². The average molecular weight is 310 g/mol. The van der Waals surface area contributed by atoms with Gasteiger partial charge in [0.25, 0.3) is 11.8 Å². The van der Waals surface area contributed by atoms with E-state index in [0.717, 1.165) is 19.3 Å². The fourth-order valence-electron chi connectivity index (χ4n) is 2.21. The summed E-state index contributed by atoms with van der Waals surface area (Å²) >= 11 is 0. The molecule has 4 heteroatoms. The highest BCUT2D eigenvalue weighted by atomic mass is 16.2. The Hall–Kier alpha value is -2.62. The second-order valence-electron chi connectivity index (χ2n) is 5.30. The summed E-state index contributed by atoms with van der Waals surface area (Å²) in [6.07, 6.45) is 2.77. The van der Waals surface area contributed by atoms with Gasteiger partial charge in [0, 0.05) is 24.2 Å². The fourth-order valence-corrected chi connectivity index (χ4v) is 2.21. The fraction of sp³-hybridized carbons (Fsp3) is 0.263. The first-order valence-electron chi connectivity index (χ1n) is 7.94. The molecule has 2 N–H and O–H groups in total. The molecule has 0 unspecified atom stereocenters. The third-order valence-electron chi connectivity index (χ3n) is 3.50. The Balaban J connectivity index is 1.53. The zero-order valence-electron chi connectivity index (χ0n) is 13.1. The van der Waals surface area contributed by atoms with Crippen LogP contribution in [0.15, 0.2) is 60.7 Å². The molecule has 0 heterocycles. The van der Waals surface area contributed by atoms with Crippen LogP contribution in [0.2, 0.25) is 0 Å². The number of nitrogens with one attached hydrogen (secondary N) is 2. The van der Waals surface area contributed by atoms with Crippen LogP contribution in [0.4, 0.5) is 0 Å².